The zero-order valence-electron chi connectivity index (χ0n) is 26.1. The molecule has 0 heterocycles. The maximum Gasteiger partial charge on any atom is 0.408 e. The summed E-state index contributed by atoms with van der Waals surface area (Å²) in [4.78, 5) is 43.5. The van der Waals surface area contributed by atoms with Gasteiger partial charge in [-0.25, -0.2) is 4.79 Å². The van der Waals surface area contributed by atoms with Crippen molar-refractivity contribution in [2.45, 2.75) is 98.4 Å². The molecular weight excluding hydrogens is 558 g/mol. The van der Waals surface area contributed by atoms with Gasteiger partial charge in [-0.15, -0.1) is 0 Å². The number of hydrogen-bond acceptors (Lipinski definition) is 5. The van der Waals surface area contributed by atoms with Crippen LogP contribution >= 0.6 is 23.4 Å². The second-order valence-electron chi connectivity index (χ2n) is 12.0. The Labute approximate surface area is 255 Å². The summed E-state index contributed by atoms with van der Waals surface area (Å²) >= 11 is 8.08. The highest BCUT2D eigenvalue weighted by atomic mass is 35.5. The van der Waals surface area contributed by atoms with Crippen molar-refractivity contribution in [2.24, 2.45) is 0 Å². The summed E-state index contributed by atoms with van der Waals surface area (Å²) in [6.07, 6.45) is 2.22. The Bertz CT molecular complexity index is 1220. The third kappa shape index (κ3) is 9.14. The van der Waals surface area contributed by atoms with Gasteiger partial charge in [0.15, 0.2) is 0 Å². The van der Waals surface area contributed by atoms with Crippen LogP contribution in [0.1, 0.15) is 82.7 Å². The van der Waals surface area contributed by atoms with Gasteiger partial charge >= 0.3 is 6.09 Å². The molecule has 0 aromatic heterocycles. The predicted octanol–water partition coefficient (Wildman–Crippen LogP) is 7.61. The molecule has 7 nitrogen and oxygen atoms in total. The average molecular weight is 604 g/mol. The number of rotatable bonds is 11. The quantitative estimate of drug-likeness (QED) is 0.276. The van der Waals surface area contributed by atoms with Crippen molar-refractivity contribution >= 4 is 47.0 Å². The highest BCUT2D eigenvalue weighted by Crippen LogP contribution is 2.36. The Morgan fingerprint density at radius 2 is 1.61 bits per heavy atom. The fourth-order valence-electron chi connectivity index (χ4n) is 4.51. The number of nitrogens with one attached hydrogen (secondary N) is 2. The molecule has 0 aliphatic carbocycles. The minimum absolute atomic E-state index is 0.353. The molecule has 0 saturated heterocycles. The van der Waals surface area contributed by atoms with Crippen molar-refractivity contribution in [3.8, 4) is 0 Å². The Balaban J connectivity index is 2.73. The Morgan fingerprint density at radius 3 is 2.17 bits per heavy atom. The summed E-state index contributed by atoms with van der Waals surface area (Å²) in [5, 5.41) is 6.25. The van der Waals surface area contributed by atoms with Crippen LogP contribution in [0.5, 0.6) is 0 Å². The zero-order chi connectivity index (χ0) is 31.1. The van der Waals surface area contributed by atoms with E-state index in [1.807, 2.05) is 78.1 Å². The number of carbonyl (C=O) groups excluding carboxylic acids is 3. The van der Waals surface area contributed by atoms with Crippen molar-refractivity contribution in [1.82, 2.24) is 10.2 Å². The van der Waals surface area contributed by atoms with Crippen molar-refractivity contribution < 1.29 is 19.1 Å². The minimum Gasteiger partial charge on any atom is -0.444 e. The maximum absolute atomic E-state index is 14.6. The van der Waals surface area contributed by atoms with E-state index in [1.165, 1.54) is 0 Å². The molecule has 3 amide bonds. The molecule has 2 unspecified atom stereocenters. The van der Waals surface area contributed by atoms with Gasteiger partial charge in [-0.3, -0.25) is 9.59 Å². The molecule has 41 heavy (non-hydrogen) atoms. The molecule has 9 heteroatoms. The topological polar surface area (TPSA) is 87.7 Å². The summed E-state index contributed by atoms with van der Waals surface area (Å²) in [6, 6.07) is 9.28. The molecule has 0 fully saturated rings. The Hall–Kier alpha value is -2.71. The zero-order valence-corrected chi connectivity index (χ0v) is 27.7. The van der Waals surface area contributed by atoms with Crippen LogP contribution in [-0.2, 0) is 14.3 Å². The normalized spacial score (nSPS) is 13.2. The number of hydrogen-bond donors (Lipinski definition) is 2. The summed E-state index contributed by atoms with van der Waals surface area (Å²) in [6.45, 7) is 17.0. The van der Waals surface area contributed by atoms with Gasteiger partial charge in [0.1, 0.15) is 17.7 Å². The number of halogens is 1. The van der Waals surface area contributed by atoms with Crippen molar-refractivity contribution in [2.75, 3.05) is 17.3 Å². The summed E-state index contributed by atoms with van der Waals surface area (Å²) in [7, 11) is 0. The highest BCUT2D eigenvalue weighted by molar-refractivity contribution is 7.98. The lowest BCUT2D eigenvalue weighted by atomic mass is 9.89. The molecule has 0 bridgehead atoms. The van der Waals surface area contributed by atoms with Gasteiger partial charge in [0.2, 0.25) is 5.91 Å². The first-order valence-electron chi connectivity index (χ1n) is 14.0. The number of anilines is 1. The molecule has 2 N–H and O–H groups in total. The van der Waals surface area contributed by atoms with Gasteiger partial charge in [-0.05, 0) is 109 Å². The minimum atomic E-state index is -0.995. The molecule has 0 saturated carbocycles. The maximum atomic E-state index is 14.6. The molecular formula is C32H46ClN3O4S. The third-order valence-electron chi connectivity index (χ3n) is 7.27. The number of thioether (sulfide) groups is 1. The monoisotopic (exact) mass is 603 g/mol. The molecule has 226 valence electrons. The van der Waals surface area contributed by atoms with E-state index in [-0.39, 0.29) is 11.8 Å². The number of para-hydroxylation sites is 1. The van der Waals surface area contributed by atoms with Crippen molar-refractivity contribution in [1.29, 1.82) is 0 Å². The first kappa shape index (κ1) is 34.5. The largest absolute Gasteiger partial charge is 0.444 e. The van der Waals surface area contributed by atoms with Crippen LogP contribution < -0.4 is 10.6 Å². The van der Waals surface area contributed by atoms with Gasteiger partial charge in [-0.2, -0.15) is 11.8 Å². The molecule has 2 atom stereocenters. The fourth-order valence-corrected chi connectivity index (χ4v) is 5.25. The van der Waals surface area contributed by atoms with Crippen LogP contribution in [0, 0.1) is 20.8 Å². The van der Waals surface area contributed by atoms with Crippen molar-refractivity contribution in [3.63, 3.8) is 0 Å². The first-order chi connectivity index (χ1) is 19.0. The van der Waals surface area contributed by atoms with Crippen LogP contribution in [0.2, 0.25) is 5.02 Å². The van der Waals surface area contributed by atoms with Gasteiger partial charge < -0.3 is 20.3 Å². The number of benzene rings is 2. The molecule has 0 spiro atoms. The second-order valence-corrected chi connectivity index (χ2v) is 13.4. The van der Waals surface area contributed by atoms with Crippen LogP contribution in [0.3, 0.4) is 0 Å². The lowest BCUT2D eigenvalue weighted by Gasteiger charge is -2.45. The molecule has 0 radical (unpaired) electrons. The summed E-state index contributed by atoms with van der Waals surface area (Å²) < 4.78 is 5.50. The highest BCUT2D eigenvalue weighted by Gasteiger charge is 2.43. The Morgan fingerprint density at radius 1 is 1.00 bits per heavy atom. The van der Waals surface area contributed by atoms with E-state index in [1.54, 1.807) is 43.5 Å². The van der Waals surface area contributed by atoms with E-state index < -0.39 is 29.3 Å². The van der Waals surface area contributed by atoms with Gasteiger partial charge in [-0.1, -0.05) is 48.9 Å². The standard InChI is InChI=1S/C32H46ClN3O4S/c1-11-32(8,9)36(29(38)25(18-19-41-10)34-30(39)40-31(5,6)7)27(23-16-12-14-20(2)22(23)4)28(37)35-26-21(3)15-13-17-24(26)33/h12-17,25,27H,11,18-19H2,1-10H3,(H,34,39)(H,35,37). The lowest BCUT2D eigenvalue weighted by Crippen LogP contribution is -2.59. The SMILES string of the molecule is CCC(C)(C)N(C(=O)C(CCSC)NC(=O)OC(C)(C)C)C(C(=O)Nc1c(C)cccc1Cl)c1cccc(C)c1C. The number of carbonyl (C=O) groups is 3. The number of nitrogens with zero attached hydrogens (tertiary/aromatic N) is 1. The van der Waals surface area contributed by atoms with Crippen LogP contribution in [0.25, 0.3) is 0 Å². The number of ether oxygens (including phenoxy) is 1. The number of amides is 3. The summed E-state index contributed by atoms with van der Waals surface area (Å²) in [5.74, 6) is -0.106. The fraction of sp³-hybridized carbons (Fsp3) is 0.531. The van der Waals surface area contributed by atoms with E-state index in [9.17, 15) is 14.4 Å². The molecule has 2 aromatic carbocycles. The molecule has 2 rings (SSSR count). The molecule has 2 aromatic rings. The van der Waals surface area contributed by atoms with Crippen molar-refractivity contribution in [3.05, 3.63) is 63.7 Å². The van der Waals surface area contributed by atoms with Gasteiger partial charge in [0.25, 0.3) is 5.91 Å². The average Bonchev–Trinajstić information content (AvgIpc) is 2.87. The van der Waals surface area contributed by atoms with E-state index in [0.29, 0.717) is 34.9 Å². The second kappa shape index (κ2) is 14.5. The van der Waals surface area contributed by atoms with E-state index in [0.717, 1.165) is 16.7 Å². The van der Waals surface area contributed by atoms with Crippen LogP contribution in [0.15, 0.2) is 36.4 Å². The lowest BCUT2D eigenvalue weighted by molar-refractivity contribution is -0.147. The first-order valence-corrected chi connectivity index (χ1v) is 15.7. The van der Waals surface area contributed by atoms with Crippen LogP contribution in [-0.4, -0.2) is 52.0 Å². The van der Waals surface area contributed by atoms with Gasteiger partial charge in [0.05, 0.1) is 10.7 Å². The molecule has 0 aliphatic heterocycles. The molecule has 0 aliphatic rings. The third-order valence-corrected chi connectivity index (χ3v) is 8.23. The number of aryl methyl sites for hydroxylation is 2. The smallest absolute Gasteiger partial charge is 0.408 e. The summed E-state index contributed by atoms with van der Waals surface area (Å²) in [5.41, 5.74) is 2.45. The Kier molecular flexibility index (Phi) is 12.2. The van der Waals surface area contributed by atoms with E-state index >= 15 is 0 Å². The number of alkyl carbamates (subject to hydrolysis) is 1. The van der Waals surface area contributed by atoms with Crippen LogP contribution in [0.4, 0.5) is 10.5 Å². The van der Waals surface area contributed by atoms with Gasteiger partial charge in [0, 0.05) is 5.54 Å². The van der Waals surface area contributed by atoms with E-state index in [4.69, 9.17) is 16.3 Å². The van der Waals surface area contributed by atoms with E-state index in [2.05, 4.69) is 10.6 Å². The predicted molar refractivity (Wildman–Crippen MR) is 171 cm³/mol.